The van der Waals surface area contributed by atoms with E-state index in [0.29, 0.717) is 11.3 Å². The lowest BCUT2D eigenvalue weighted by atomic mass is 10.1. The molecule has 130 valence electrons. The van der Waals surface area contributed by atoms with Gasteiger partial charge in [-0.05, 0) is 41.8 Å². The number of anilines is 1. The van der Waals surface area contributed by atoms with Crippen molar-refractivity contribution in [3.8, 4) is 16.9 Å². The summed E-state index contributed by atoms with van der Waals surface area (Å²) in [6.45, 7) is 2.01. The van der Waals surface area contributed by atoms with E-state index in [-0.39, 0.29) is 10.8 Å². The number of ether oxygens (including phenoxy) is 1. The molecule has 0 saturated heterocycles. The second-order valence-corrected chi connectivity index (χ2v) is 7.08. The second kappa shape index (κ2) is 6.98. The van der Waals surface area contributed by atoms with E-state index < -0.39 is 10.0 Å². The third-order valence-corrected chi connectivity index (χ3v) is 5.19. The van der Waals surface area contributed by atoms with Crippen LogP contribution in [0.3, 0.4) is 0 Å². The third kappa shape index (κ3) is 3.66. The van der Waals surface area contributed by atoms with Crippen LogP contribution in [0.25, 0.3) is 11.1 Å². The monoisotopic (exact) mass is 358 g/mol. The molecular weight excluding hydrogens is 340 g/mol. The van der Waals surface area contributed by atoms with Crippen LogP contribution in [-0.2, 0) is 16.4 Å². The van der Waals surface area contributed by atoms with Gasteiger partial charge in [0.25, 0.3) is 10.0 Å². The first-order valence-corrected chi connectivity index (χ1v) is 9.22. The third-order valence-electron chi connectivity index (χ3n) is 3.84. The minimum atomic E-state index is -3.76. The Kier molecular flexibility index (Phi) is 4.76. The summed E-state index contributed by atoms with van der Waals surface area (Å²) in [5.74, 6) is 0.781. The van der Waals surface area contributed by atoms with E-state index in [4.69, 9.17) is 9.26 Å². The van der Waals surface area contributed by atoms with Crippen molar-refractivity contribution in [3.05, 3.63) is 60.3 Å². The van der Waals surface area contributed by atoms with E-state index in [1.165, 1.54) is 6.20 Å². The number of nitrogens with one attached hydrogen (secondary N) is 1. The molecule has 0 radical (unpaired) electrons. The number of benzene rings is 2. The Labute approximate surface area is 146 Å². The molecule has 7 heteroatoms. The van der Waals surface area contributed by atoms with Crippen molar-refractivity contribution in [1.29, 1.82) is 0 Å². The maximum atomic E-state index is 12.6. The average Bonchev–Trinajstić information content (AvgIpc) is 3.09. The fourth-order valence-corrected chi connectivity index (χ4v) is 3.38. The van der Waals surface area contributed by atoms with Crippen LogP contribution in [0.15, 0.2) is 64.1 Å². The van der Waals surface area contributed by atoms with Crippen molar-refractivity contribution in [1.82, 2.24) is 5.16 Å². The largest absolute Gasteiger partial charge is 0.497 e. The summed E-state index contributed by atoms with van der Waals surface area (Å²) >= 11 is 0. The van der Waals surface area contributed by atoms with E-state index in [9.17, 15) is 8.42 Å². The fraction of sp³-hybridized carbons (Fsp3) is 0.167. The predicted octanol–water partition coefficient (Wildman–Crippen LogP) is 3.71. The molecule has 0 fully saturated rings. The lowest BCUT2D eigenvalue weighted by Crippen LogP contribution is -2.13. The molecule has 1 N–H and O–H groups in total. The van der Waals surface area contributed by atoms with Crippen molar-refractivity contribution in [2.24, 2.45) is 0 Å². The smallest absolute Gasteiger partial charge is 0.264 e. The van der Waals surface area contributed by atoms with E-state index >= 15 is 0 Å². The Bertz CT molecular complexity index is 946. The van der Waals surface area contributed by atoms with Crippen LogP contribution in [0.4, 0.5) is 5.88 Å². The summed E-state index contributed by atoms with van der Waals surface area (Å²) in [6.07, 6.45) is 2.32. The van der Waals surface area contributed by atoms with E-state index in [0.717, 1.165) is 17.5 Å². The molecule has 1 heterocycles. The Morgan fingerprint density at radius 1 is 1.08 bits per heavy atom. The summed E-state index contributed by atoms with van der Waals surface area (Å²) in [7, 11) is -2.18. The van der Waals surface area contributed by atoms with Gasteiger partial charge in [0.1, 0.15) is 5.75 Å². The van der Waals surface area contributed by atoms with Crippen molar-refractivity contribution in [2.45, 2.75) is 18.2 Å². The molecule has 0 spiro atoms. The molecule has 0 amide bonds. The van der Waals surface area contributed by atoms with Gasteiger partial charge in [-0.2, -0.15) is 0 Å². The van der Waals surface area contributed by atoms with Crippen molar-refractivity contribution in [2.75, 3.05) is 11.8 Å². The molecule has 6 nitrogen and oxygen atoms in total. The van der Waals surface area contributed by atoms with Gasteiger partial charge in [-0.3, -0.25) is 0 Å². The molecule has 1 aromatic heterocycles. The number of sulfonamides is 1. The molecule has 0 atom stereocenters. The second-order valence-electron chi connectivity index (χ2n) is 5.40. The highest BCUT2D eigenvalue weighted by atomic mass is 32.2. The Morgan fingerprint density at radius 2 is 1.76 bits per heavy atom. The molecule has 0 saturated carbocycles. The van der Waals surface area contributed by atoms with Gasteiger partial charge in [-0.15, -0.1) is 0 Å². The Balaban J connectivity index is 1.88. The Morgan fingerprint density at radius 3 is 2.36 bits per heavy atom. The molecular formula is C18H18N2O4S. The molecule has 0 aliphatic rings. The number of aromatic nitrogens is 1. The zero-order valence-electron chi connectivity index (χ0n) is 13.9. The number of methoxy groups -OCH3 is 1. The van der Waals surface area contributed by atoms with Gasteiger partial charge in [0.15, 0.2) is 0 Å². The molecule has 0 aliphatic heterocycles. The number of aryl methyl sites for hydroxylation is 1. The van der Waals surface area contributed by atoms with Gasteiger partial charge in [0.2, 0.25) is 5.88 Å². The average molecular weight is 358 g/mol. The number of rotatable bonds is 6. The van der Waals surface area contributed by atoms with Gasteiger partial charge < -0.3 is 9.26 Å². The summed E-state index contributed by atoms with van der Waals surface area (Å²) in [6, 6.07) is 13.9. The van der Waals surface area contributed by atoms with E-state index in [1.807, 2.05) is 6.92 Å². The minimum absolute atomic E-state index is 0.0738. The van der Waals surface area contributed by atoms with Crippen molar-refractivity contribution in [3.63, 3.8) is 0 Å². The van der Waals surface area contributed by atoms with Crippen LogP contribution in [0.2, 0.25) is 0 Å². The van der Waals surface area contributed by atoms with Crippen LogP contribution in [0.1, 0.15) is 12.5 Å². The number of hydrogen-bond acceptors (Lipinski definition) is 5. The summed E-state index contributed by atoms with van der Waals surface area (Å²) < 4.78 is 37.8. The highest BCUT2D eigenvalue weighted by Gasteiger charge is 2.20. The lowest BCUT2D eigenvalue weighted by Gasteiger charge is -2.08. The number of nitrogens with zero attached hydrogens (tertiary/aromatic N) is 1. The van der Waals surface area contributed by atoms with Crippen LogP contribution < -0.4 is 9.46 Å². The van der Waals surface area contributed by atoms with Crippen LogP contribution in [0, 0.1) is 0 Å². The normalized spacial score (nSPS) is 11.3. The Hall–Kier alpha value is -2.80. The highest BCUT2D eigenvalue weighted by molar-refractivity contribution is 7.92. The molecule has 25 heavy (non-hydrogen) atoms. The number of hydrogen-bond donors (Lipinski definition) is 1. The van der Waals surface area contributed by atoms with Crippen LogP contribution in [0.5, 0.6) is 5.75 Å². The lowest BCUT2D eigenvalue weighted by molar-refractivity contribution is 0.415. The minimum Gasteiger partial charge on any atom is -0.497 e. The quantitative estimate of drug-likeness (QED) is 0.726. The van der Waals surface area contributed by atoms with Gasteiger partial charge in [-0.1, -0.05) is 36.3 Å². The molecule has 0 unspecified atom stereocenters. The van der Waals surface area contributed by atoms with Gasteiger partial charge >= 0.3 is 0 Å². The zero-order valence-corrected chi connectivity index (χ0v) is 14.7. The van der Waals surface area contributed by atoms with Gasteiger partial charge in [0, 0.05) is 0 Å². The molecule has 3 aromatic rings. The molecule has 0 aliphatic carbocycles. The maximum absolute atomic E-state index is 12.6. The predicted molar refractivity (Wildman–Crippen MR) is 95.1 cm³/mol. The molecule has 0 bridgehead atoms. The fourth-order valence-electron chi connectivity index (χ4n) is 2.37. The van der Waals surface area contributed by atoms with Crippen molar-refractivity contribution < 1.29 is 17.7 Å². The summed E-state index contributed by atoms with van der Waals surface area (Å²) in [5.41, 5.74) is 2.38. The molecule has 2 aromatic carbocycles. The van der Waals surface area contributed by atoms with Gasteiger partial charge in [-0.25, -0.2) is 13.1 Å². The molecule has 3 rings (SSSR count). The van der Waals surface area contributed by atoms with E-state index in [1.54, 1.807) is 55.6 Å². The SMILES string of the molecule is CCc1ccc(S(=O)(=O)Nc2oncc2-c2ccc(OC)cc2)cc1. The summed E-state index contributed by atoms with van der Waals surface area (Å²) in [4.78, 5) is 0.168. The van der Waals surface area contributed by atoms with Gasteiger partial charge in [0.05, 0.1) is 23.8 Å². The maximum Gasteiger partial charge on any atom is 0.264 e. The van der Waals surface area contributed by atoms with Crippen molar-refractivity contribution >= 4 is 15.9 Å². The topological polar surface area (TPSA) is 81.4 Å². The highest BCUT2D eigenvalue weighted by Crippen LogP contribution is 2.30. The van der Waals surface area contributed by atoms with Crippen LogP contribution in [-0.4, -0.2) is 20.7 Å². The van der Waals surface area contributed by atoms with Crippen LogP contribution >= 0.6 is 0 Å². The first kappa shape index (κ1) is 17.0. The first-order chi connectivity index (χ1) is 12.0. The van der Waals surface area contributed by atoms with E-state index in [2.05, 4.69) is 9.88 Å². The zero-order chi connectivity index (χ0) is 17.9. The first-order valence-electron chi connectivity index (χ1n) is 7.74. The standard InChI is InChI=1S/C18H18N2O4S/c1-3-13-4-10-16(11-5-13)25(21,22)20-18-17(12-19-24-18)14-6-8-15(23-2)9-7-14/h4-12,20H,3H2,1-2H3. The summed E-state index contributed by atoms with van der Waals surface area (Å²) in [5, 5.41) is 3.71.